The number of methoxy groups -OCH3 is 2. The van der Waals surface area contributed by atoms with Crippen LogP contribution in [0.5, 0.6) is 11.5 Å². The summed E-state index contributed by atoms with van der Waals surface area (Å²) >= 11 is 6.07. The molecule has 0 saturated carbocycles. The van der Waals surface area contributed by atoms with Crippen LogP contribution in [0, 0.1) is 0 Å². The van der Waals surface area contributed by atoms with Crippen LogP contribution in [-0.2, 0) is 6.42 Å². The Morgan fingerprint density at radius 3 is 2.56 bits per heavy atom. The minimum atomic E-state index is 0.550. The summed E-state index contributed by atoms with van der Waals surface area (Å²) in [7, 11) is 3.27. The third-order valence-corrected chi connectivity index (χ3v) is 4.17. The van der Waals surface area contributed by atoms with E-state index < -0.39 is 0 Å². The smallest absolute Gasteiger partial charge is 0.224 e. The summed E-state index contributed by atoms with van der Waals surface area (Å²) in [5, 5.41) is 7.06. The monoisotopic (exact) mass is 384 g/mol. The van der Waals surface area contributed by atoms with Crippen molar-refractivity contribution in [3.05, 3.63) is 65.3 Å². The van der Waals surface area contributed by atoms with E-state index in [4.69, 9.17) is 21.1 Å². The summed E-state index contributed by atoms with van der Waals surface area (Å²) in [6.07, 6.45) is 2.55. The average molecular weight is 385 g/mol. The number of ether oxygens (including phenoxy) is 2. The molecule has 0 amide bonds. The largest absolute Gasteiger partial charge is 0.497 e. The van der Waals surface area contributed by atoms with Crippen LogP contribution in [0.25, 0.3) is 0 Å². The van der Waals surface area contributed by atoms with Crippen LogP contribution in [0.2, 0.25) is 5.02 Å². The lowest BCUT2D eigenvalue weighted by Gasteiger charge is -2.12. The number of hydrogen-bond donors (Lipinski definition) is 2. The molecule has 0 bridgehead atoms. The maximum absolute atomic E-state index is 6.07. The van der Waals surface area contributed by atoms with Gasteiger partial charge in [-0.05, 0) is 48.4 Å². The highest BCUT2D eigenvalue weighted by molar-refractivity contribution is 6.31. The van der Waals surface area contributed by atoms with Gasteiger partial charge in [-0.1, -0.05) is 23.7 Å². The van der Waals surface area contributed by atoms with Gasteiger partial charge < -0.3 is 20.1 Å². The topological polar surface area (TPSA) is 68.3 Å². The van der Waals surface area contributed by atoms with Crippen molar-refractivity contribution in [1.29, 1.82) is 0 Å². The first-order valence-electron chi connectivity index (χ1n) is 8.48. The molecule has 0 saturated heterocycles. The van der Waals surface area contributed by atoms with Gasteiger partial charge in [0.15, 0.2) is 0 Å². The molecule has 1 aromatic heterocycles. The van der Waals surface area contributed by atoms with E-state index in [1.807, 2.05) is 24.3 Å². The highest BCUT2D eigenvalue weighted by atomic mass is 35.5. The second-order valence-electron chi connectivity index (χ2n) is 5.76. The van der Waals surface area contributed by atoms with Crippen molar-refractivity contribution < 1.29 is 9.47 Å². The SMILES string of the molecule is COc1ccc(CCNc2nccc(Nc3cc(Cl)ccc3OC)n2)cc1. The van der Waals surface area contributed by atoms with Crippen molar-refractivity contribution in [2.75, 3.05) is 31.4 Å². The van der Waals surface area contributed by atoms with Gasteiger partial charge in [0.25, 0.3) is 0 Å². The second kappa shape index (κ2) is 9.09. The molecule has 0 fully saturated rings. The minimum Gasteiger partial charge on any atom is -0.497 e. The Hall–Kier alpha value is -2.99. The van der Waals surface area contributed by atoms with Crippen LogP contribution in [0.15, 0.2) is 54.7 Å². The molecule has 6 nitrogen and oxygen atoms in total. The van der Waals surface area contributed by atoms with Crippen molar-refractivity contribution in [2.45, 2.75) is 6.42 Å². The van der Waals surface area contributed by atoms with Gasteiger partial charge >= 0.3 is 0 Å². The quantitative estimate of drug-likeness (QED) is 0.594. The van der Waals surface area contributed by atoms with E-state index in [9.17, 15) is 0 Å². The number of nitrogens with zero attached hydrogens (tertiary/aromatic N) is 2. The highest BCUT2D eigenvalue weighted by Gasteiger charge is 2.06. The number of anilines is 3. The number of nitrogens with one attached hydrogen (secondary N) is 2. The molecule has 0 radical (unpaired) electrons. The number of benzene rings is 2. The Balaban J connectivity index is 1.61. The van der Waals surface area contributed by atoms with E-state index in [1.165, 1.54) is 5.56 Å². The fourth-order valence-corrected chi connectivity index (χ4v) is 2.71. The molecule has 7 heteroatoms. The first kappa shape index (κ1) is 18.8. The molecule has 0 unspecified atom stereocenters. The van der Waals surface area contributed by atoms with Crippen molar-refractivity contribution in [3.63, 3.8) is 0 Å². The van der Waals surface area contributed by atoms with Crippen LogP contribution >= 0.6 is 11.6 Å². The molecular formula is C20H21ClN4O2. The molecule has 0 atom stereocenters. The Labute approximate surface area is 163 Å². The Morgan fingerprint density at radius 1 is 1.00 bits per heavy atom. The molecule has 3 aromatic rings. The lowest BCUT2D eigenvalue weighted by Crippen LogP contribution is -2.08. The Kier molecular flexibility index (Phi) is 6.33. The zero-order valence-electron chi connectivity index (χ0n) is 15.2. The molecule has 27 heavy (non-hydrogen) atoms. The van der Waals surface area contributed by atoms with Crippen LogP contribution in [-0.4, -0.2) is 30.7 Å². The van der Waals surface area contributed by atoms with Crippen LogP contribution in [0.3, 0.4) is 0 Å². The summed E-state index contributed by atoms with van der Waals surface area (Å²) < 4.78 is 10.5. The van der Waals surface area contributed by atoms with Gasteiger partial charge in [0.05, 0.1) is 19.9 Å². The lowest BCUT2D eigenvalue weighted by molar-refractivity contribution is 0.414. The number of hydrogen-bond acceptors (Lipinski definition) is 6. The van der Waals surface area contributed by atoms with Gasteiger partial charge in [0.1, 0.15) is 17.3 Å². The zero-order chi connectivity index (χ0) is 19.1. The van der Waals surface area contributed by atoms with Crippen LogP contribution in [0.1, 0.15) is 5.56 Å². The number of aromatic nitrogens is 2. The van der Waals surface area contributed by atoms with Gasteiger partial charge in [-0.3, -0.25) is 0 Å². The van der Waals surface area contributed by atoms with Crippen LogP contribution in [0.4, 0.5) is 17.5 Å². The molecule has 140 valence electrons. The van der Waals surface area contributed by atoms with E-state index in [2.05, 4.69) is 20.6 Å². The fourth-order valence-electron chi connectivity index (χ4n) is 2.54. The molecule has 0 aliphatic carbocycles. The van der Waals surface area contributed by atoms with E-state index >= 15 is 0 Å². The third-order valence-electron chi connectivity index (χ3n) is 3.94. The first-order valence-corrected chi connectivity index (χ1v) is 8.86. The van der Waals surface area contributed by atoms with E-state index in [-0.39, 0.29) is 0 Å². The van der Waals surface area contributed by atoms with Gasteiger partial charge in [-0.2, -0.15) is 4.98 Å². The molecule has 0 aliphatic heterocycles. The minimum absolute atomic E-state index is 0.550. The van der Waals surface area contributed by atoms with Crippen molar-refractivity contribution >= 4 is 29.1 Å². The Bertz CT molecular complexity index is 887. The molecule has 3 rings (SSSR count). The van der Waals surface area contributed by atoms with Crippen molar-refractivity contribution in [3.8, 4) is 11.5 Å². The molecule has 2 N–H and O–H groups in total. The van der Waals surface area contributed by atoms with E-state index in [0.29, 0.717) is 22.5 Å². The second-order valence-corrected chi connectivity index (χ2v) is 6.20. The summed E-state index contributed by atoms with van der Waals surface area (Å²) in [6, 6.07) is 15.2. The molecule has 1 heterocycles. The fraction of sp³-hybridized carbons (Fsp3) is 0.200. The van der Waals surface area contributed by atoms with Gasteiger partial charge in [0, 0.05) is 17.8 Å². The third kappa shape index (κ3) is 5.24. The maximum Gasteiger partial charge on any atom is 0.224 e. The average Bonchev–Trinajstić information content (AvgIpc) is 2.69. The predicted molar refractivity (Wildman–Crippen MR) is 109 cm³/mol. The molecule has 0 aliphatic rings. The number of rotatable bonds is 8. The van der Waals surface area contributed by atoms with Crippen molar-refractivity contribution in [1.82, 2.24) is 9.97 Å². The maximum atomic E-state index is 6.07. The summed E-state index contributed by atoms with van der Waals surface area (Å²) in [4.78, 5) is 8.74. The summed E-state index contributed by atoms with van der Waals surface area (Å²) in [5.41, 5.74) is 1.95. The standard InChI is InChI=1S/C20H21ClN4O2/c1-26-16-6-3-14(4-7-16)9-11-22-20-23-12-10-19(25-20)24-17-13-15(21)5-8-18(17)27-2/h3-8,10,12-13H,9,11H2,1-2H3,(H2,22,23,24,25). The van der Waals surface area contributed by atoms with Crippen molar-refractivity contribution in [2.24, 2.45) is 0 Å². The summed E-state index contributed by atoms with van der Waals surface area (Å²) in [5.74, 6) is 2.74. The lowest BCUT2D eigenvalue weighted by atomic mass is 10.1. The van der Waals surface area contributed by atoms with Gasteiger partial charge in [-0.15, -0.1) is 0 Å². The van der Waals surface area contributed by atoms with E-state index in [0.717, 1.165) is 24.4 Å². The predicted octanol–water partition coefficient (Wildman–Crippen LogP) is 4.55. The first-order chi connectivity index (χ1) is 13.2. The Morgan fingerprint density at radius 2 is 1.81 bits per heavy atom. The highest BCUT2D eigenvalue weighted by Crippen LogP contribution is 2.30. The van der Waals surface area contributed by atoms with Gasteiger partial charge in [-0.25, -0.2) is 4.98 Å². The zero-order valence-corrected chi connectivity index (χ0v) is 16.0. The molecule has 0 spiro atoms. The normalized spacial score (nSPS) is 10.3. The molecular weight excluding hydrogens is 364 g/mol. The summed E-state index contributed by atoms with van der Waals surface area (Å²) in [6.45, 7) is 0.719. The van der Waals surface area contributed by atoms with Crippen LogP contribution < -0.4 is 20.1 Å². The molecule has 2 aromatic carbocycles. The van der Waals surface area contributed by atoms with E-state index in [1.54, 1.807) is 44.7 Å². The number of halogens is 1. The van der Waals surface area contributed by atoms with Gasteiger partial charge in [0.2, 0.25) is 5.95 Å².